The topological polar surface area (TPSA) is 30.5 Å². The summed E-state index contributed by atoms with van der Waals surface area (Å²) in [5, 5.41) is 3.83. The first-order valence-electron chi connectivity index (χ1n) is 9.28. The summed E-state index contributed by atoms with van der Waals surface area (Å²) in [4.78, 5) is 0. The molecule has 25 heavy (non-hydrogen) atoms. The minimum absolute atomic E-state index is 0.640. The second kappa shape index (κ2) is 8.91. The van der Waals surface area contributed by atoms with Gasteiger partial charge in [-0.05, 0) is 73.9 Å². The van der Waals surface area contributed by atoms with Crippen LogP contribution in [0.3, 0.4) is 0 Å². The Morgan fingerprint density at radius 3 is 1.72 bits per heavy atom. The van der Waals surface area contributed by atoms with Crippen molar-refractivity contribution < 1.29 is 9.47 Å². The zero-order chi connectivity index (χ0) is 17.5. The van der Waals surface area contributed by atoms with Gasteiger partial charge in [0.25, 0.3) is 0 Å². The van der Waals surface area contributed by atoms with Crippen LogP contribution < -0.4 is 14.8 Å². The minimum Gasteiger partial charge on any atom is -0.497 e. The third-order valence-corrected chi connectivity index (χ3v) is 5.17. The normalized spacial score (nSPS) is 19.8. The van der Waals surface area contributed by atoms with Crippen molar-refractivity contribution in [2.24, 2.45) is 0 Å². The molecule has 0 spiro atoms. The van der Waals surface area contributed by atoms with E-state index in [4.69, 9.17) is 9.47 Å². The van der Waals surface area contributed by atoms with Crippen LogP contribution in [-0.4, -0.2) is 26.3 Å². The lowest BCUT2D eigenvalue weighted by Crippen LogP contribution is -2.30. The Morgan fingerprint density at radius 2 is 1.28 bits per heavy atom. The highest BCUT2D eigenvalue weighted by Crippen LogP contribution is 2.22. The first-order valence-corrected chi connectivity index (χ1v) is 9.28. The minimum atomic E-state index is 0.640. The average molecular weight is 339 g/mol. The van der Waals surface area contributed by atoms with Gasteiger partial charge in [-0.1, -0.05) is 24.3 Å². The first kappa shape index (κ1) is 17.8. The maximum atomic E-state index is 5.31. The Bertz CT molecular complexity index is 613. The quantitative estimate of drug-likeness (QED) is 0.774. The van der Waals surface area contributed by atoms with Crippen molar-refractivity contribution in [1.29, 1.82) is 0 Å². The summed E-state index contributed by atoms with van der Waals surface area (Å²) < 4.78 is 10.6. The molecule has 0 bridgehead atoms. The van der Waals surface area contributed by atoms with E-state index in [9.17, 15) is 0 Å². The summed E-state index contributed by atoms with van der Waals surface area (Å²) in [6.45, 7) is 0. The first-order chi connectivity index (χ1) is 12.3. The van der Waals surface area contributed by atoms with Gasteiger partial charge in [0.05, 0.1) is 14.2 Å². The molecule has 2 aromatic carbocycles. The molecule has 3 rings (SSSR count). The average Bonchev–Trinajstić information content (AvgIpc) is 3.13. The van der Waals surface area contributed by atoms with Crippen molar-refractivity contribution in [1.82, 2.24) is 5.32 Å². The molecule has 1 N–H and O–H groups in total. The fourth-order valence-electron chi connectivity index (χ4n) is 3.70. The Hall–Kier alpha value is -2.00. The van der Waals surface area contributed by atoms with Crippen LogP contribution in [0.25, 0.3) is 0 Å². The SMILES string of the molecule is COc1cccc(CC[C@@H]2CC[C@H](CCc3cccc(OC)c3)N2)c1. The molecule has 0 unspecified atom stereocenters. The van der Waals surface area contributed by atoms with Gasteiger partial charge in [0.15, 0.2) is 0 Å². The summed E-state index contributed by atoms with van der Waals surface area (Å²) in [6, 6.07) is 18.1. The molecule has 0 aromatic heterocycles. The van der Waals surface area contributed by atoms with E-state index in [0.29, 0.717) is 12.1 Å². The lowest BCUT2D eigenvalue weighted by molar-refractivity contribution is 0.414. The second-order valence-electron chi connectivity index (χ2n) is 6.92. The molecular formula is C22H29NO2. The fourth-order valence-corrected chi connectivity index (χ4v) is 3.70. The van der Waals surface area contributed by atoms with Crippen LogP contribution >= 0.6 is 0 Å². The molecular weight excluding hydrogens is 310 g/mol. The number of ether oxygens (including phenoxy) is 2. The van der Waals surface area contributed by atoms with Crippen molar-refractivity contribution in [2.75, 3.05) is 14.2 Å². The van der Waals surface area contributed by atoms with Crippen LogP contribution in [0.1, 0.15) is 36.8 Å². The Morgan fingerprint density at radius 1 is 0.800 bits per heavy atom. The van der Waals surface area contributed by atoms with Gasteiger partial charge in [0.1, 0.15) is 11.5 Å². The van der Waals surface area contributed by atoms with Crippen LogP contribution in [0.15, 0.2) is 48.5 Å². The van der Waals surface area contributed by atoms with Crippen molar-refractivity contribution in [3.05, 3.63) is 59.7 Å². The van der Waals surface area contributed by atoms with Gasteiger partial charge >= 0.3 is 0 Å². The molecule has 1 aliphatic rings. The van der Waals surface area contributed by atoms with Gasteiger partial charge in [-0.2, -0.15) is 0 Å². The summed E-state index contributed by atoms with van der Waals surface area (Å²) >= 11 is 0. The van der Waals surface area contributed by atoms with Crippen molar-refractivity contribution >= 4 is 0 Å². The maximum Gasteiger partial charge on any atom is 0.119 e. The molecule has 1 saturated heterocycles. The summed E-state index contributed by atoms with van der Waals surface area (Å²) in [5.74, 6) is 1.90. The molecule has 0 amide bonds. The Balaban J connectivity index is 1.42. The van der Waals surface area contributed by atoms with Crippen LogP contribution in [0, 0.1) is 0 Å². The Labute approximate surface area is 151 Å². The van der Waals surface area contributed by atoms with Crippen LogP contribution in [0.4, 0.5) is 0 Å². The number of aryl methyl sites for hydroxylation is 2. The van der Waals surface area contributed by atoms with E-state index >= 15 is 0 Å². The molecule has 134 valence electrons. The smallest absolute Gasteiger partial charge is 0.119 e. The largest absolute Gasteiger partial charge is 0.497 e. The van der Waals surface area contributed by atoms with E-state index in [-0.39, 0.29) is 0 Å². The van der Waals surface area contributed by atoms with Gasteiger partial charge in [0.2, 0.25) is 0 Å². The van der Waals surface area contributed by atoms with Crippen molar-refractivity contribution in [3.8, 4) is 11.5 Å². The van der Waals surface area contributed by atoms with E-state index in [0.717, 1.165) is 24.3 Å². The second-order valence-corrected chi connectivity index (χ2v) is 6.92. The molecule has 3 nitrogen and oxygen atoms in total. The van der Waals surface area contributed by atoms with Gasteiger partial charge in [-0.15, -0.1) is 0 Å². The molecule has 3 heteroatoms. The summed E-state index contributed by atoms with van der Waals surface area (Å²) in [7, 11) is 3.45. The van der Waals surface area contributed by atoms with E-state index in [1.165, 1.54) is 36.8 Å². The number of nitrogens with one attached hydrogen (secondary N) is 1. The van der Waals surface area contributed by atoms with Crippen LogP contribution in [0.2, 0.25) is 0 Å². The molecule has 0 radical (unpaired) electrons. The highest BCUT2D eigenvalue weighted by Gasteiger charge is 2.23. The van der Waals surface area contributed by atoms with Gasteiger partial charge < -0.3 is 14.8 Å². The molecule has 2 atom stereocenters. The van der Waals surface area contributed by atoms with Gasteiger partial charge in [-0.3, -0.25) is 0 Å². The molecule has 2 aromatic rings. The fraction of sp³-hybridized carbons (Fsp3) is 0.455. The monoisotopic (exact) mass is 339 g/mol. The van der Waals surface area contributed by atoms with Crippen LogP contribution in [0.5, 0.6) is 11.5 Å². The molecule has 1 aliphatic heterocycles. The number of rotatable bonds is 8. The molecule has 0 aliphatic carbocycles. The summed E-state index contributed by atoms with van der Waals surface area (Å²) in [5.41, 5.74) is 2.72. The highest BCUT2D eigenvalue weighted by atomic mass is 16.5. The lowest BCUT2D eigenvalue weighted by atomic mass is 10.0. The van der Waals surface area contributed by atoms with Gasteiger partial charge in [0, 0.05) is 12.1 Å². The number of benzene rings is 2. The molecule has 1 fully saturated rings. The molecule has 1 heterocycles. The predicted molar refractivity (Wildman–Crippen MR) is 103 cm³/mol. The number of hydrogen-bond acceptors (Lipinski definition) is 3. The number of hydrogen-bond donors (Lipinski definition) is 1. The highest BCUT2D eigenvalue weighted by molar-refractivity contribution is 5.29. The van der Waals surface area contributed by atoms with Gasteiger partial charge in [-0.25, -0.2) is 0 Å². The van der Waals surface area contributed by atoms with E-state index in [1.54, 1.807) is 14.2 Å². The van der Waals surface area contributed by atoms with E-state index in [2.05, 4.69) is 41.7 Å². The molecule has 0 saturated carbocycles. The third-order valence-electron chi connectivity index (χ3n) is 5.17. The van der Waals surface area contributed by atoms with Crippen molar-refractivity contribution in [2.45, 2.75) is 50.6 Å². The third kappa shape index (κ3) is 5.23. The van der Waals surface area contributed by atoms with E-state index < -0.39 is 0 Å². The standard InChI is InChI=1S/C22H29NO2/c1-24-21-7-3-5-17(15-21)9-11-19-13-14-20(23-19)12-10-18-6-4-8-22(16-18)25-2/h3-8,15-16,19-20,23H,9-14H2,1-2H3/t19-,20+. The zero-order valence-electron chi connectivity index (χ0n) is 15.3. The zero-order valence-corrected chi connectivity index (χ0v) is 15.3. The number of methoxy groups -OCH3 is 2. The predicted octanol–water partition coefficient (Wildman–Crippen LogP) is 4.39. The van der Waals surface area contributed by atoms with Crippen LogP contribution in [-0.2, 0) is 12.8 Å². The lowest BCUT2D eigenvalue weighted by Gasteiger charge is -2.15. The summed E-state index contributed by atoms with van der Waals surface area (Å²) in [6.07, 6.45) is 7.18. The van der Waals surface area contributed by atoms with Crippen molar-refractivity contribution in [3.63, 3.8) is 0 Å². The maximum absolute atomic E-state index is 5.31. The Kier molecular flexibility index (Phi) is 6.35. The van der Waals surface area contributed by atoms with E-state index in [1.807, 2.05) is 12.1 Å².